The average molecular weight is 276 g/mol. The highest BCUT2D eigenvalue weighted by Crippen LogP contribution is 2.08. The molecule has 1 rings (SSSR count). The van der Waals surface area contributed by atoms with Gasteiger partial charge in [-0.05, 0) is 12.0 Å². The van der Waals surface area contributed by atoms with E-state index in [-0.39, 0.29) is 11.7 Å². The SMILES string of the molecule is CC(C)[C@@H](NC(=O)NC1C=CS(=O)(=O)C1)C(=O)O. The third-order valence-electron chi connectivity index (χ3n) is 2.47. The van der Waals surface area contributed by atoms with Crippen molar-refractivity contribution in [2.45, 2.75) is 25.9 Å². The summed E-state index contributed by atoms with van der Waals surface area (Å²) < 4.78 is 22.2. The molecule has 2 amide bonds. The van der Waals surface area contributed by atoms with Gasteiger partial charge in [0, 0.05) is 5.41 Å². The lowest BCUT2D eigenvalue weighted by molar-refractivity contribution is -0.140. The lowest BCUT2D eigenvalue weighted by Crippen LogP contribution is -2.51. The van der Waals surface area contributed by atoms with E-state index in [9.17, 15) is 18.0 Å². The molecule has 0 aromatic heterocycles. The van der Waals surface area contributed by atoms with E-state index < -0.39 is 33.9 Å². The maximum atomic E-state index is 11.5. The fourth-order valence-electron chi connectivity index (χ4n) is 1.53. The van der Waals surface area contributed by atoms with Gasteiger partial charge in [0.2, 0.25) is 0 Å². The number of carbonyl (C=O) groups excluding carboxylic acids is 1. The molecule has 0 spiro atoms. The van der Waals surface area contributed by atoms with Crippen molar-refractivity contribution in [1.82, 2.24) is 10.6 Å². The van der Waals surface area contributed by atoms with Crippen LogP contribution in [0, 0.1) is 5.92 Å². The smallest absolute Gasteiger partial charge is 0.326 e. The van der Waals surface area contributed by atoms with Gasteiger partial charge in [-0.2, -0.15) is 0 Å². The van der Waals surface area contributed by atoms with Crippen LogP contribution in [-0.2, 0) is 14.6 Å². The van der Waals surface area contributed by atoms with Gasteiger partial charge in [0.15, 0.2) is 9.84 Å². The minimum absolute atomic E-state index is 0.195. The van der Waals surface area contributed by atoms with Gasteiger partial charge in [-0.25, -0.2) is 18.0 Å². The minimum atomic E-state index is -3.24. The second-order valence-electron chi connectivity index (χ2n) is 4.44. The summed E-state index contributed by atoms with van der Waals surface area (Å²) in [6, 6.07) is -2.31. The predicted octanol–water partition coefficient (Wildman–Crippen LogP) is -0.294. The molecule has 18 heavy (non-hydrogen) atoms. The summed E-state index contributed by atoms with van der Waals surface area (Å²) in [6.07, 6.45) is 1.36. The van der Waals surface area contributed by atoms with Crippen LogP contribution in [0.3, 0.4) is 0 Å². The van der Waals surface area contributed by atoms with Crippen molar-refractivity contribution < 1.29 is 23.1 Å². The summed E-state index contributed by atoms with van der Waals surface area (Å²) in [7, 11) is -3.24. The molecule has 0 bridgehead atoms. The number of carbonyl (C=O) groups is 2. The first-order valence-electron chi connectivity index (χ1n) is 5.42. The molecule has 0 fully saturated rings. The number of amides is 2. The Morgan fingerprint density at radius 2 is 2.00 bits per heavy atom. The van der Waals surface area contributed by atoms with Crippen LogP contribution >= 0.6 is 0 Å². The quantitative estimate of drug-likeness (QED) is 0.653. The summed E-state index contributed by atoms with van der Waals surface area (Å²) in [5, 5.41) is 14.6. The molecule has 0 aromatic rings. The zero-order valence-electron chi connectivity index (χ0n) is 10.1. The second-order valence-corrected chi connectivity index (χ2v) is 6.37. The molecule has 102 valence electrons. The van der Waals surface area contributed by atoms with Crippen molar-refractivity contribution >= 4 is 21.8 Å². The van der Waals surface area contributed by atoms with Crippen LogP contribution in [0.2, 0.25) is 0 Å². The molecule has 1 aliphatic heterocycles. The molecule has 0 saturated heterocycles. The molecule has 0 aromatic carbocycles. The first-order chi connectivity index (χ1) is 8.21. The molecule has 7 nitrogen and oxygen atoms in total. The molecule has 2 atom stereocenters. The monoisotopic (exact) mass is 276 g/mol. The summed E-state index contributed by atoms with van der Waals surface area (Å²) in [6.45, 7) is 3.33. The van der Waals surface area contributed by atoms with E-state index in [2.05, 4.69) is 10.6 Å². The molecule has 1 heterocycles. The summed E-state index contributed by atoms with van der Waals surface area (Å²) in [5.74, 6) is -1.59. The van der Waals surface area contributed by atoms with E-state index in [1.54, 1.807) is 13.8 Å². The van der Waals surface area contributed by atoms with Crippen LogP contribution in [0.15, 0.2) is 11.5 Å². The maximum Gasteiger partial charge on any atom is 0.326 e. The fraction of sp³-hybridized carbons (Fsp3) is 0.600. The number of aliphatic carboxylic acids is 1. The third kappa shape index (κ3) is 4.02. The van der Waals surface area contributed by atoms with E-state index in [4.69, 9.17) is 5.11 Å². The van der Waals surface area contributed by atoms with Crippen LogP contribution in [0.1, 0.15) is 13.8 Å². The molecule has 8 heteroatoms. The highest BCUT2D eigenvalue weighted by atomic mass is 32.2. The largest absolute Gasteiger partial charge is 0.480 e. The van der Waals surface area contributed by atoms with Crippen molar-refractivity contribution in [3.05, 3.63) is 11.5 Å². The first-order valence-corrected chi connectivity index (χ1v) is 7.13. The van der Waals surface area contributed by atoms with Crippen molar-refractivity contribution in [3.63, 3.8) is 0 Å². The van der Waals surface area contributed by atoms with E-state index in [1.807, 2.05) is 0 Å². The normalized spacial score (nSPS) is 22.7. The van der Waals surface area contributed by atoms with Gasteiger partial charge in [-0.1, -0.05) is 13.8 Å². The fourth-order valence-corrected chi connectivity index (χ4v) is 2.77. The average Bonchev–Trinajstić information content (AvgIpc) is 2.53. The summed E-state index contributed by atoms with van der Waals surface area (Å²) >= 11 is 0. The Morgan fingerprint density at radius 3 is 2.39 bits per heavy atom. The van der Waals surface area contributed by atoms with Gasteiger partial charge in [-0.15, -0.1) is 0 Å². The predicted molar refractivity (Wildman–Crippen MR) is 64.6 cm³/mol. The molecular formula is C10H16N2O5S. The Bertz CT molecular complexity index is 469. The van der Waals surface area contributed by atoms with E-state index >= 15 is 0 Å². The second kappa shape index (κ2) is 5.38. The first kappa shape index (κ1) is 14.5. The van der Waals surface area contributed by atoms with Crippen LogP contribution in [0.4, 0.5) is 4.79 Å². The lowest BCUT2D eigenvalue weighted by Gasteiger charge is -2.19. The number of carboxylic acid groups (broad SMARTS) is 1. The Balaban J connectivity index is 2.52. The molecule has 0 radical (unpaired) electrons. The molecule has 1 aliphatic rings. The Kier molecular flexibility index (Phi) is 4.33. The van der Waals surface area contributed by atoms with Crippen molar-refractivity contribution in [2.75, 3.05) is 5.75 Å². The van der Waals surface area contributed by atoms with Crippen molar-refractivity contribution in [2.24, 2.45) is 5.92 Å². The van der Waals surface area contributed by atoms with Crippen molar-refractivity contribution in [1.29, 1.82) is 0 Å². The maximum absolute atomic E-state index is 11.5. The van der Waals surface area contributed by atoms with Crippen molar-refractivity contribution in [3.8, 4) is 0 Å². The van der Waals surface area contributed by atoms with Crippen LogP contribution < -0.4 is 10.6 Å². The zero-order chi connectivity index (χ0) is 13.9. The van der Waals surface area contributed by atoms with Crippen LogP contribution in [0.5, 0.6) is 0 Å². The number of urea groups is 1. The standard InChI is InChI=1S/C10H16N2O5S/c1-6(2)8(9(13)14)12-10(15)11-7-3-4-18(16,17)5-7/h3-4,6-8H,5H2,1-2H3,(H,13,14)(H2,11,12,15)/t7?,8-/m1/s1. The number of sulfone groups is 1. The molecule has 0 saturated carbocycles. The third-order valence-corrected chi connectivity index (χ3v) is 3.86. The highest BCUT2D eigenvalue weighted by molar-refractivity contribution is 7.94. The Labute approximate surface area is 105 Å². The molecule has 3 N–H and O–H groups in total. The van der Waals surface area contributed by atoms with Gasteiger partial charge in [0.25, 0.3) is 0 Å². The molecular weight excluding hydrogens is 260 g/mol. The highest BCUT2D eigenvalue weighted by Gasteiger charge is 2.26. The summed E-state index contributed by atoms with van der Waals surface area (Å²) in [4.78, 5) is 22.4. The van der Waals surface area contributed by atoms with Crippen LogP contribution in [-0.4, -0.2) is 43.4 Å². The van der Waals surface area contributed by atoms with E-state index in [0.29, 0.717) is 0 Å². The van der Waals surface area contributed by atoms with Gasteiger partial charge >= 0.3 is 12.0 Å². The molecule has 1 unspecified atom stereocenters. The van der Waals surface area contributed by atoms with E-state index in [1.165, 1.54) is 6.08 Å². The number of rotatable bonds is 4. The van der Waals surface area contributed by atoms with E-state index in [0.717, 1.165) is 5.41 Å². The topological polar surface area (TPSA) is 113 Å². The van der Waals surface area contributed by atoms with Gasteiger partial charge < -0.3 is 15.7 Å². The van der Waals surface area contributed by atoms with Gasteiger partial charge in [-0.3, -0.25) is 0 Å². The number of hydrogen-bond donors (Lipinski definition) is 3. The molecule has 0 aliphatic carbocycles. The Hall–Kier alpha value is -1.57. The zero-order valence-corrected chi connectivity index (χ0v) is 10.9. The minimum Gasteiger partial charge on any atom is -0.480 e. The number of carboxylic acids is 1. The Morgan fingerprint density at radius 1 is 1.39 bits per heavy atom. The van der Waals surface area contributed by atoms with Gasteiger partial charge in [0.1, 0.15) is 6.04 Å². The number of nitrogens with one attached hydrogen (secondary N) is 2. The lowest BCUT2D eigenvalue weighted by atomic mass is 10.1. The van der Waals surface area contributed by atoms with Crippen LogP contribution in [0.25, 0.3) is 0 Å². The van der Waals surface area contributed by atoms with Gasteiger partial charge in [0.05, 0.1) is 11.8 Å². The number of hydrogen-bond acceptors (Lipinski definition) is 4. The summed E-state index contributed by atoms with van der Waals surface area (Å²) in [5.41, 5.74) is 0.